The van der Waals surface area contributed by atoms with E-state index in [1.54, 1.807) is 19.9 Å². The molecule has 1 amide bonds. The summed E-state index contributed by atoms with van der Waals surface area (Å²) < 4.78 is 34.2. The van der Waals surface area contributed by atoms with Crippen molar-refractivity contribution in [2.75, 3.05) is 13.1 Å². The highest BCUT2D eigenvalue weighted by atomic mass is 32.1. The van der Waals surface area contributed by atoms with Crippen molar-refractivity contribution in [1.82, 2.24) is 15.2 Å². The molecule has 2 atom stereocenters. The van der Waals surface area contributed by atoms with Gasteiger partial charge in [-0.25, -0.2) is 9.18 Å². The average molecular weight is 466 g/mol. The summed E-state index contributed by atoms with van der Waals surface area (Å²) in [5.41, 5.74) is 0.851. The van der Waals surface area contributed by atoms with Gasteiger partial charge >= 0.3 is 6.09 Å². The highest BCUT2D eigenvalue weighted by Gasteiger charge is 2.49. The molecule has 8 heteroatoms. The van der Waals surface area contributed by atoms with E-state index < -0.39 is 17.8 Å². The monoisotopic (exact) mass is 465 g/mol. The van der Waals surface area contributed by atoms with Crippen molar-refractivity contribution in [3.63, 3.8) is 0 Å². The van der Waals surface area contributed by atoms with Crippen LogP contribution in [0.4, 0.5) is 13.6 Å². The summed E-state index contributed by atoms with van der Waals surface area (Å²) in [6, 6.07) is 7.22. The van der Waals surface area contributed by atoms with Gasteiger partial charge in [0.05, 0.1) is 6.10 Å². The fourth-order valence-electron chi connectivity index (χ4n) is 4.29. The zero-order valence-corrected chi connectivity index (χ0v) is 20.3. The third-order valence-corrected chi connectivity index (χ3v) is 7.35. The van der Waals surface area contributed by atoms with Crippen LogP contribution in [0.15, 0.2) is 30.5 Å². The lowest BCUT2D eigenvalue weighted by Gasteiger charge is -2.39. The first kappa shape index (κ1) is 24.6. The van der Waals surface area contributed by atoms with Crippen molar-refractivity contribution in [2.24, 2.45) is 5.41 Å². The molecule has 1 saturated heterocycles. The van der Waals surface area contributed by atoms with Crippen molar-refractivity contribution in [3.05, 3.63) is 51.7 Å². The van der Waals surface area contributed by atoms with Crippen LogP contribution in [0.1, 0.15) is 56.7 Å². The van der Waals surface area contributed by atoms with Gasteiger partial charge in [-0.1, -0.05) is 6.07 Å². The van der Waals surface area contributed by atoms with Crippen LogP contribution in [0.25, 0.3) is 0 Å². The molecule has 0 bridgehead atoms. The van der Waals surface area contributed by atoms with Crippen LogP contribution in [0.5, 0.6) is 0 Å². The Balaban J connectivity index is 1.80. The molecule has 1 unspecified atom stereocenters. The van der Waals surface area contributed by atoms with Crippen LogP contribution >= 0.6 is 11.3 Å². The van der Waals surface area contributed by atoms with Crippen molar-refractivity contribution in [3.8, 4) is 0 Å². The van der Waals surface area contributed by atoms with Crippen LogP contribution in [0.3, 0.4) is 0 Å². The number of hydrogen-bond acceptors (Lipinski definition) is 5. The summed E-state index contributed by atoms with van der Waals surface area (Å²) >= 11 is 1.09. The molecule has 5 nitrogen and oxygen atoms in total. The molecule has 0 saturated carbocycles. The Labute approximate surface area is 193 Å². The summed E-state index contributed by atoms with van der Waals surface area (Å²) in [4.78, 5) is 19.7. The molecule has 0 spiro atoms. The fourth-order valence-corrected chi connectivity index (χ4v) is 5.01. The summed E-state index contributed by atoms with van der Waals surface area (Å²) in [6.45, 7) is 10.8. The number of aromatic nitrogens is 1. The Morgan fingerprint density at radius 3 is 2.69 bits per heavy atom. The van der Waals surface area contributed by atoms with E-state index in [-0.39, 0.29) is 16.8 Å². The molecule has 1 aliphatic rings. The van der Waals surface area contributed by atoms with Crippen LogP contribution in [0, 0.1) is 17.5 Å². The molecule has 1 fully saturated rings. The topological polar surface area (TPSA) is 54.5 Å². The molecule has 1 N–H and O–H groups in total. The highest BCUT2D eigenvalue weighted by Crippen LogP contribution is 2.44. The maximum absolute atomic E-state index is 15.7. The van der Waals surface area contributed by atoms with E-state index in [0.29, 0.717) is 32.4 Å². The Bertz CT molecular complexity index is 916. The number of amides is 1. The van der Waals surface area contributed by atoms with Crippen LogP contribution in [-0.4, -0.2) is 41.5 Å². The molecule has 32 heavy (non-hydrogen) atoms. The molecule has 0 aromatic carbocycles. The molecule has 3 heterocycles. The molecule has 3 rings (SSSR count). The van der Waals surface area contributed by atoms with Gasteiger partial charge in [-0.3, -0.25) is 15.2 Å². The number of pyridine rings is 1. The molecule has 0 aliphatic carbocycles. The Morgan fingerprint density at radius 1 is 1.34 bits per heavy atom. The number of thiophene rings is 1. The number of aryl methyl sites for hydroxylation is 2. The fraction of sp³-hybridized carbons (Fsp3) is 0.583. The number of rotatable bonds is 8. The Kier molecular flexibility index (Phi) is 7.55. The number of likely N-dealkylation sites (tertiary alicyclic amines) is 1. The van der Waals surface area contributed by atoms with E-state index >= 15 is 4.39 Å². The number of hydrogen-bond donors (Lipinski definition) is 1. The minimum atomic E-state index is -1.57. The second-order valence-corrected chi connectivity index (χ2v) is 10.6. The lowest BCUT2D eigenvalue weighted by molar-refractivity contribution is 0.0406. The lowest BCUT2D eigenvalue weighted by atomic mass is 9.80. The lowest BCUT2D eigenvalue weighted by Crippen LogP contribution is -2.49. The van der Waals surface area contributed by atoms with Gasteiger partial charge < -0.3 is 4.74 Å². The summed E-state index contributed by atoms with van der Waals surface area (Å²) in [7, 11) is 0. The number of nitrogens with one attached hydrogen (secondary N) is 1. The number of alkyl halides is 1. The molecular formula is C24H33F2N3O2S. The van der Waals surface area contributed by atoms with Crippen molar-refractivity contribution >= 4 is 17.4 Å². The molecular weight excluding hydrogens is 432 g/mol. The van der Waals surface area contributed by atoms with E-state index in [4.69, 9.17) is 4.74 Å². The summed E-state index contributed by atoms with van der Waals surface area (Å²) in [5.74, 6) is 0. The predicted octanol–water partition coefficient (Wildman–Crippen LogP) is 5.58. The van der Waals surface area contributed by atoms with Gasteiger partial charge in [0.2, 0.25) is 0 Å². The predicted molar refractivity (Wildman–Crippen MR) is 123 cm³/mol. The molecule has 0 radical (unpaired) electrons. The van der Waals surface area contributed by atoms with Gasteiger partial charge in [0, 0.05) is 34.3 Å². The number of nitrogens with zero attached hydrogens (tertiary/aromatic N) is 2. The van der Waals surface area contributed by atoms with E-state index in [0.717, 1.165) is 27.5 Å². The zero-order valence-electron chi connectivity index (χ0n) is 19.5. The minimum Gasteiger partial charge on any atom is -0.447 e. The van der Waals surface area contributed by atoms with Gasteiger partial charge in [0.1, 0.15) is 0 Å². The molecule has 2 aromatic rings. The third-order valence-electron chi connectivity index (χ3n) is 6.42. The number of ether oxygens (including phenoxy) is 1. The SMILES string of the molecule is Cc1ccc(C(C)(C)N2CCC(CCc3ccc(F)s3)([C@H](F)NC(=O)OC(C)C)C2)cn1. The van der Waals surface area contributed by atoms with E-state index in [9.17, 15) is 9.18 Å². The van der Waals surface area contributed by atoms with E-state index in [1.165, 1.54) is 6.07 Å². The Hall–Kier alpha value is -2.06. The van der Waals surface area contributed by atoms with Gasteiger partial charge in [0.25, 0.3) is 0 Å². The van der Waals surface area contributed by atoms with Crippen LogP contribution in [-0.2, 0) is 16.7 Å². The molecule has 1 aliphatic heterocycles. The van der Waals surface area contributed by atoms with Crippen LogP contribution < -0.4 is 5.32 Å². The largest absolute Gasteiger partial charge is 0.447 e. The first-order chi connectivity index (χ1) is 15.0. The number of carbonyl (C=O) groups excluding carboxylic acids is 1. The first-order valence-corrected chi connectivity index (χ1v) is 11.9. The van der Waals surface area contributed by atoms with Gasteiger partial charge in [-0.05, 0) is 84.2 Å². The highest BCUT2D eigenvalue weighted by molar-refractivity contribution is 7.10. The quantitative estimate of drug-likeness (QED) is 0.517. The van der Waals surface area contributed by atoms with Crippen LogP contribution in [0.2, 0.25) is 0 Å². The second-order valence-electron chi connectivity index (χ2n) is 9.45. The van der Waals surface area contributed by atoms with Crippen molar-refractivity contribution in [1.29, 1.82) is 0 Å². The number of halogens is 2. The number of alkyl carbamates (subject to hydrolysis) is 1. The maximum atomic E-state index is 15.7. The smallest absolute Gasteiger partial charge is 0.409 e. The van der Waals surface area contributed by atoms with Gasteiger partial charge in [-0.15, -0.1) is 11.3 Å². The van der Waals surface area contributed by atoms with E-state index in [1.807, 2.05) is 19.2 Å². The van der Waals surface area contributed by atoms with Crippen molar-refractivity contribution < 1.29 is 18.3 Å². The van der Waals surface area contributed by atoms with Crippen molar-refractivity contribution in [2.45, 2.75) is 71.8 Å². The zero-order chi connectivity index (χ0) is 23.5. The summed E-state index contributed by atoms with van der Waals surface area (Å²) in [5, 5.41) is 2.17. The van der Waals surface area contributed by atoms with E-state index in [2.05, 4.69) is 35.1 Å². The average Bonchev–Trinajstić information content (AvgIpc) is 3.33. The van der Waals surface area contributed by atoms with Gasteiger partial charge in [-0.2, -0.15) is 4.39 Å². The molecule has 176 valence electrons. The number of carbonyl (C=O) groups is 1. The second kappa shape index (κ2) is 9.83. The minimum absolute atomic E-state index is 0.245. The summed E-state index contributed by atoms with van der Waals surface area (Å²) in [6.07, 6.45) is 0.831. The normalized spacial score (nSPS) is 20.5. The standard InChI is InChI=1S/C24H33F2N3O2S/c1-16(2)31-22(30)28-21(26)24(11-10-19-8-9-20(25)32-19)12-13-29(15-24)23(4,5)18-7-6-17(3)27-14-18/h6-9,14,16,21H,10-13,15H2,1-5H3,(H,28,30)/t21-,24?/m1/s1. The third kappa shape index (κ3) is 5.64. The molecule has 2 aromatic heterocycles. The first-order valence-electron chi connectivity index (χ1n) is 11.1. The Morgan fingerprint density at radius 2 is 2.09 bits per heavy atom. The van der Waals surface area contributed by atoms with Gasteiger partial charge in [0.15, 0.2) is 11.4 Å². The maximum Gasteiger partial charge on any atom is 0.409 e.